The van der Waals surface area contributed by atoms with Crippen LogP contribution in [-0.4, -0.2) is 227 Å². The van der Waals surface area contributed by atoms with E-state index in [0.717, 1.165) is 83.1 Å². The highest BCUT2D eigenvalue weighted by molar-refractivity contribution is 5.83. The Bertz CT molecular complexity index is 2530. The molecule has 0 aliphatic carbocycles. The van der Waals surface area contributed by atoms with Crippen molar-refractivity contribution in [3.63, 3.8) is 0 Å². The van der Waals surface area contributed by atoms with E-state index in [0.29, 0.717) is 5.56 Å². The summed E-state index contributed by atoms with van der Waals surface area (Å²) in [7, 11) is 0. The van der Waals surface area contributed by atoms with Crippen molar-refractivity contribution < 1.29 is 157 Å². The van der Waals surface area contributed by atoms with Crippen molar-refractivity contribution >= 4 is 83.6 Å². The van der Waals surface area contributed by atoms with Crippen molar-refractivity contribution in [2.45, 2.75) is 187 Å². The Labute approximate surface area is 519 Å². The zero-order valence-electron chi connectivity index (χ0n) is 51.7. The molecular formula is C56H74N2O33. The van der Waals surface area contributed by atoms with Crippen LogP contribution in [0.1, 0.15) is 88.6 Å². The van der Waals surface area contributed by atoms with Gasteiger partial charge in [-0.05, 0) is 5.56 Å². The van der Waals surface area contributed by atoms with Crippen molar-refractivity contribution in [3.8, 4) is 0 Å². The van der Waals surface area contributed by atoms with Crippen LogP contribution in [0, 0.1) is 0 Å². The van der Waals surface area contributed by atoms with E-state index in [1.807, 2.05) is 0 Å². The molecule has 3 aliphatic heterocycles. The van der Waals surface area contributed by atoms with Crippen LogP contribution in [0.15, 0.2) is 30.3 Å². The average Bonchev–Trinajstić information content (AvgIpc) is 0.828. The maximum Gasteiger partial charge on any atom is 0.407 e. The highest BCUT2D eigenvalue weighted by atomic mass is 16.8. The van der Waals surface area contributed by atoms with Gasteiger partial charge in [-0.15, -0.1) is 0 Å². The normalized spacial score (nSPS) is 26.0. The van der Waals surface area contributed by atoms with E-state index in [9.17, 15) is 67.1 Å². The lowest BCUT2D eigenvalue weighted by Gasteiger charge is -2.47. The largest absolute Gasteiger partial charge is 0.463 e. The minimum atomic E-state index is -2.57. The number of esters is 12. The number of hydrogen-bond acceptors (Lipinski definition) is 33. The molecule has 15 atom stereocenters. The number of benzene rings is 1. The SMILES string of the molecule is CC(=O)OC[C@H]1O[C@@H](OCC(CO[C@@H]2O[C@H](COC(C)=O)[C@H](OC(C)=O)[C@H](OC(C)=O)[C@H]2OC(C)=O)(CO[C@@H]2O[C@H](COC(C)=O)[C@H](OC(C)=O)[C@H](OC(C)=O)[C@H]2OC(C)=O)NC(=O)CNC(=O)OCc2ccccc2)[C@H](OC(C)=O)[C@@H](OC(C)=O)[C@H]1OC(C)=O. The van der Waals surface area contributed by atoms with Crippen LogP contribution in [0.3, 0.4) is 0 Å². The molecule has 506 valence electrons. The molecule has 0 unspecified atom stereocenters. The van der Waals surface area contributed by atoms with Gasteiger partial charge in [0.2, 0.25) is 5.91 Å². The van der Waals surface area contributed by atoms with Gasteiger partial charge in [0.1, 0.15) is 56.8 Å². The third kappa shape index (κ3) is 24.9. The first-order valence-electron chi connectivity index (χ1n) is 27.8. The lowest BCUT2D eigenvalue weighted by Crippen LogP contribution is -2.67. The summed E-state index contributed by atoms with van der Waals surface area (Å²) in [6.45, 7) is 4.37. The second-order valence-corrected chi connectivity index (χ2v) is 20.4. The van der Waals surface area contributed by atoms with Crippen LogP contribution in [0.4, 0.5) is 4.79 Å². The minimum absolute atomic E-state index is 0.282. The molecule has 2 N–H and O–H groups in total. The number of ether oxygens (including phenoxy) is 19. The smallest absolute Gasteiger partial charge is 0.407 e. The summed E-state index contributed by atoms with van der Waals surface area (Å²) in [6, 6.07) is 8.31. The summed E-state index contributed by atoms with van der Waals surface area (Å²) in [5.74, 6) is -13.3. The van der Waals surface area contributed by atoms with Gasteiger partial charge < -0.3 is 101 Å². The van der Waals surface area contributed by atoms with Gasteiger partial charge in [-0.3, -0.25) is 62.3 Å². The number of carbonyl (C=O) groups is 14. The molecule has 1 aromatic rings. The molecule has 3 fully saturated rings. The molecular weight excluding hydrogens is 1230 g/mol. The first kappa shape index (κ1) is 74.8. The van der Waals surface area contributed by atoms with Gasteiger partial charge in [-0.1, -0.05) is 30.3 Å². The summed E-state index contributed by atoms with van der Waals surface area (Å²) in [5, 5.41) is 4.85. The number of alkyl carbamates (subject to hydrolysis) is 1. The van der Waals surface area contributed by atoms with Crippen molar-refractivity contribution in [3.05, 3.63) is 35.9 Å². The molecule has 0 aromatic heterocycles. The average molecular weight is 1300 g/mol. The fourth-order valence-electron chi connectivity index (χ4n) is 9.19. The standard InChI is InChI=1S/C56H74N2O33/c1-26(59)73-20-39-43(80-29(4)62)46(83-32(7)65)49(86-35(10)68)52(89-39)77-23-56(58-42(71)18-57-55(72)76-19-38-16-14-13-15-17-38,24-78-53-50(87-36(11)69)47(84-33(8)66)44(81-30(5)63)40(90-53)21-74-27(2)60)25-79-54-51(88-37(12)70)48(85-34(9)67)45(82-31(6)64)41(91-54)22-75-28(3)61/h13-17,39-41,43-54H,18-25H2,1-12H3,(H,57,72)(H,58,71)/t39-,40-,41-,43+,44+,45+,46+,47+,48+,49-,50-,51-,52-,53-,54-/m1/s1. The Balaban J connectivity index is 2.06. The topological polar surface area (TPSA) is 438 Å². The van der Waals surface area contributed by atoms with Gasteiger partial charge in [0, 0.05) is 83.1 Å². The Morgan fingerprint density at radius 1 is 0.363 bits per heavy atom. The Morgan fingerprint density at radius 2 is 0.637 bits per heavy atom. The van der Waals surface area contributed by atoms with Crippen LogP contribution in [0.2, 0.25) is 0 Å². The van der Waals surface area contributed by atoms with E-state index < -0.39 is 227 Å². The summed E-state index contributed by atoms with van der Waals surface area (Å²) in [5.41, 5.74) is -2.02. The molecule has 0 radical (unpaired) electrons. The van der Waals surface area contributed by atoms with Crippen LogP contribution >= 0.6 is 0 Å². The van der Waals surface area contributed by atoms with Gasteiger partial charge in [-0.2, -0.15) is 0 Å². The molecule has 0 bridgehead atoms. The van der Waals surface area contributed by atoms with Gasteiger partial charge in [0.15, 0.2) is 73.8 Å². The Morgan fingerprint density at radius 3 is 0.912 bits per heavy atom. The van der Waals surface area contributed by atoms with Crippen LogP contribution in [0.5, 0.6) is 0 Å². The summed E-state index contributed by atoms with van der Waals surface area (Å²) >= 11 is 0. The van der Waals surface area contributed by atoms with Crippen LogP contribution in [0.25, 0.3) is 0 Å². The molecule has 3 saturated heterocycles. The monoisotopic (exact) mass is 1300 g/mol. The first-order valence-corrected chi connectivity index (χ1v) is 27.8. The van der Waals surface area contributed by atoms with Gasteiger partial charge >= 0.3 is 77.7 Å². The van der Waals surface area contributed by atoms with E-state index in [4.69, 9.17) is 90.0 Å². The fraction of sp³-hybridized carbons (Fsp3) is 0.643. The van der Waals surface area contributed by atoms with E-state index in [1.54, 1.807) is 30.3 Å². The molecule has 2 amide bonds. The van der Waals surface area contributed by atoms with E-state index in [2.05, 4.69) is 10.6 Å². The fourth-order valence-corrected chi connectivity index (χ4v) is 9.19. The second kappa shape index (κ2) is 35.7. The highest BCUT2D eigenvalue weighted by Gasteiger charge is 2.57. The zero-order chi connectivity index (χ0) is 67.9. The van der Waals surface area contributed by atoms with Crippen molar-refractivity contribution in [1.29, 1.82) is 0 Å². The van der Waals surface area contributed by atoms with Crippen LogP contribution in [-0.2, 0) is 159 Å². The molecule has 35 heteroatoms. The van der Waals surface area contributed by atoms with Gasteiger partial charge in [0.25, 0.3) is 0 Å². The van der Waals surface area contributed by atoms with Gasteiger partial charge in [0.05, 0.1) is 19.8 Å². The summed E-state index contributed by atoms with van der Waals surface area (Å²) in [4.78, 5) is 180. The number of amides is 2. The number of nitrogens with one attached hydrogen (secondary N) is 2. The van der Waals surface area contributed by atoms with Crippen molar-refractivity contribution in [1.82, 2.24) is 10.6 Å². The van der Waals surface area contributed by atoms with Gasteiger partial charge in [-0.25, -0.2) is 4.79 Å². The number of carbonyl (C=O) groups excluding carboxylic acids is 14. The maximum atomic E-state index is 14.7. The predicted octanol–water partition coefficient (Wildman–Crippen LogP) is -0.933. The third-order valence-corrected chi connectivity index (χ3v) is 12.4. The quantitative estimate of drug-likeness (QED) is 0.0722. The van der Waals surface area contributed by atoms with E-state index in [-0.39, 0.29) is 6.61 Å². The number of hydrogen-bond donors (Lipinski definition) is 2. The highest BCUT2D eigenvalue weighted by Crippen LogP contribution is 2.35. The Hall–Kier alpha value is -8.64. The molecule has 35 nitrogen and oxygen atoms in total. The van der Waals surface area contributed by atoms with Crippen LogP contribution < -0.4 is 10.6 Å². The third-order valence-electron chi connectivity index (χ3n) is 12.4. The predicted molar refractivity (Wildman–Crippen MR) is 289 cm³/mol. The van der Waals surface area contributed by atoms with E-state index >= 15 is 0 Å². The molecule has 1 aromatic carbocycles. The number of rotatable bonds is 29. The molecule has 3 heterocycles. The Kier molecular flexibility index (Phi) is 29.3. The summed E-state index contributed by atoms with van der Waals surface area (Å²) in [6.07, 6.45) is -29.2. The second-order valence-electron chi connectivity index (χ2n) is 20.4. The zero-order valence-corrected chi connectivity index (χ0v) is 51.7. The first-order chi connectivity index (χ1) is 42.8. The maximum absolute atomic E-state index is 14.7. The van der Waals surface area contributed by atoms with Crippen molar-refractivity contribution in [2.24, 2.45) is 0 Å². The molecule has 0 saturated carbocycles. The lowest BCUT2D eigenvalue weighted by molar-refractivity contribution is -0.328. The molecule has 3 aliphatic rings. The minimum Gasteiger partial charge on any atom is -0.463 e. The molecule has 0 spiro atoms. The van der Waals surface area contributed by atoms with Crippen molar-refractivity contribution in [2.75, 3.05) is 46.2 Å². The molecule has 91 heavy (non-hydrogen) atoms. The summed E-state index contributed by atoms with van der Waals surface area (Å²) < 4.78 is 109. The lowest BCUT2D eigenvalue weighted by atomic mass is 9.96. The van der Waals surface area contributed by atoms with E-state index in [1.165, 1.54) is 0 Å². The molecule has 4 rings (SSSR count).